The maximum atomic E-state index is 11.8. The van der Waals surface area contributed by atoms with Crippen LogP contribution in [0.3, 0.4) is 0 Å². The van der Waals surface area contributed by atoms with Gasteiger partial charge in [-0.15, -0.1) is 0 Å². The van der Waals surface area contributed by atoms with Crippen molar-refractivity contribution in [1.82, 2.24) is 10.6 Å². The molecule has 1 amide bonds. The second kappa shape index (κ2) is 8.48. The van der Waals surface area contributed by atoms with Gasteiger partial charge in [-0.25, -0.2) is 0 Å². The number of amides is 1. The van der Waals surface area contributed by atoms with Crippen molar-refractivity contribution >= 4 is 5.91 Å². The molecule has 0 aromatic rings. The number of hydrogen-bond donors (Lipinski definition) is 3. The largest absolute Gasteiger partial charge is 0.392 e. The summed E-state index contributed by atoms with van der Waals surface area (Å²) in [5.74, 6) is 0.0418. The van der Waals surface area contributed by atoms with Crippen LogP contribution in [0.1, 0.15) is 58.8 Å². The van der Waals surface area contributed by atoms with E-state index in [4.69, 9.17) is 0 Å². The Kier molecular flexibility index (Phi) is 7.28. The first-order valence-electron chi connectivity index (χ1n) is 7.38. The molecule has 1 rings (SSSR count). The minimum absolute atomic E-state index is 0.0418. The van der Waals surface area contributed by atoms with E-state index in [1.807, 2.05) is 0 Å². The highest BCUT2D eigenvalue weighted by molar-refractivity contribution is 5.78. The highest BCUT2D eigenvalue weighted by Crippen LogP contribution is 2.17. The van der Waals surface area contributed by atoms with Crippen molar-refractivity contribution in [1.29, 1.82) is 0 Å². The third-order valence-corrected chi connectivity index (χ3v) is 3.85. The summed E-state index contributed by atoms with van der Waals surface area (Å²) in [4.78, 5) is 11.8. The number of hydrogen-bond acceptors (Lipinski definition) is 3. The summed E-state index contributed by atoms with van der Waals surface area (Å²) in [7, 11) is 0. The highest BCUT2D eigenvalue weighted by Gasteiger charge is 2.21. The van der Waals surface area contributed by atoms with Gasteiger partial charge in [-0.1, -0.05) is 33.1 Å². The van der Waals surface area contributed by atoms with Crippen molar-refractivity contribution in [2.45, 2.75) is 77.0 Å². The predicted octanol–water partition coefficient (Wildman–Crippen LogP) is 1.57. The average molecular weight is 256 g/mol. The molecule has 2 atom stereocenters. The van der Waals surface area contributed by atoms with Crippen LogP contribution in [0.2, 0.25) is 0 Å². The molecule has 18 heavy (non-hydrogen) atoms. The normalized spacial score (nSPS) is 24.9. The first-order valence-corrected chi connectivity index (χ1v) is 7.38. The molecular weight excluding hydrogens is 228 g/mol. The Hall–Kier alpha value is -0.610. The second-order valence-electron chi connectivity index (χ2n) is 5.27. The van der Waals surface area contributed by atoms with E-state index < -0.39 is 0 Å². The molecule has 0 aliphatic heterocycles. The fraction of sp³-hybridized carbons (Fsp3) is 0.929. The van der Waals surface area contributed by atoms with E-state index in [2.05, 4.69) is 24.5 Å². The van der Waals surface area contributed by atoms with Crippen LogP contribution >= 0.6 is 0 Å². The molecule has 0 radical (unpaired) electrons. The zero-order valence-electron chi connectivity index (χ0n) is 11.7. The van der Waals surface area contributed by atoms with Crippen molar-refractivity contribution in [2.75, 3.05) is 6.54 Å². The molecule has 1 aliphatic carbocycles. The minimum Gasteiger partial charge on any atom is -0.392 e. The molecule has 0 saturated heterocycles. The van der Waals surface area contributed by atoms with Crippen LogP contribution in [0.15, 0.2) is 0 Å². The second-order valence-corrected chi connectivity index (χ2v) is 5.27. The number of aliphatic hydroxyl groups is 1. The smallest absolute Gasteiger partial charge is 0.234 e. The van der Waals surface area contributed by atoms with Gasteiger partial charge in [0.2, 0.25) is 5.91 Å². The van der Waals surface area contributed by atoms with Crippen LogP contribution in [0.4, 0.5) is 0 Å². The van der Waals surface area contributed by atoms with E-state index in [0.29, 0.717) is 6.54 Å². The van der Waals surface area contributed by atoms with Crippen LogP contribution in [-0.2, 0) is 4.79 Å². The lowest BCUT2D eigenvalue weighted by Crippen LogP contribution is -2.46. The lowest BCUT2D eigenvalue weighted by atomic mass is 10.1. The van der Waals surface area contributed by atoms with Crippen LogP contribution in [-0.4, -0.2) is 35.7 Å². The van der Waals surface area contributed by atoms with E-state index in [9.17, 15) is 9.90 Å². The van der Waals surface area contributed by atoms with E-state index in [1.165, 1.54) is 6.42 Å². The van der Waals surface area contributed by atoms with Gasteiger partial charge in [0, 0.05) is 12.1 Å². The zero-order valence-corrected chi connectivity index (χ0v) is 11.7. The molecule has 0 heterocycles. The first kappa shape index (κ1) is 15.4. The molecule has 0 aromatic heterocycles. The maximum absolute atomic E-state index is 11.8. The molecule has 4 nitrogen and oxygen atoms in total. The number of aliphatic hydroxyl groups excluding tert-OH is 1. The van der Waals surface area contributed by atoms with E-state index in [1.54, 1.807) is 0 Å². The van der Waals surface area contributed by atoms with Crippen molar-refractivity contribution in [3.05, 3.63) is 0 Å². The van der Waals surface area contributed by atoms with Gasteiger partial charge >= 0.3 is 0 Å². The number of rotatable bonds is 6. The molecule has 0 aromatic carbocycles. The molecule has 1 fully saturated rings. The lowest BCUT2D eigenvalue weighted by Gasteiger charge is -2.22. The van der Waals surface area contributed by atoms with Crippen LogP contribution in [0, 0.1) is 0 Å². The fourth-order valence-corrected chi connectivity index (χ4v) is 2.52. The number of carbonyl (C=O) groups excluding carboxylic acids is 1. The molecule has 1 saturated carbocycles. The van der Waals surface area contributed by atoms with Gasteiger partial charge in [-0.3, -0.25) is 4.79 Å². The standard InChI is InChI=1S/C14H28N2O2/c1-3-11(4-2)16-14(18)10-15-12-8-6-5-7-9-13(12)17/h11-13,15,17H,3-10H2,1-2H3,(H,16,18). The van der Waals surface area contributed by atoms with Crippen molar-refractivity contribution in [2.24, 2.45) is 0 Å². The van der Waals surface area contributed by atoms with Gasteiger partial charge in [0.05, 0.1) is 12.6 Å². The average Bonchev–Trinajstić information content (AvgIpc) is 2.58. The summed E-state index contributed by atoms with van der Waals surface area (Å²) in [6, 6.07) is 0.360. The topological polar surface area (TPSA) is 61.4 Å². The molecule has 2 unspecified atom stereocenters. The summed E-state index contributed by atoms with van der Waals surface area (Å²) in [5, 5.41) is 16.1. The van der Waals surface area contributed by atoms with Gasteiger partial charge in [0.15, 0.2) is 0 Å². The number of nitrogens with one attached hydrogen (secondary N) is 2. The maximum Gasteiger partial charge on any atom is 0.234 e. The Morgan fingerprint density at radius 2 is 1.89 bits per heavy atom. The van der Waals surface area contributed by atoms with Gasteiger partial charge < -0.3 is 15.7 Å². The summed E-state index contributed by atoms with van der Waals surface area (Å²) in [6.07, 6.45) is 6.89. The van der Waals surface area contributed by atoms with E-state index in [-0.39, 0.29) is 24.1 Å². The molecule has 0 spiro atoms. The third-order valence-electron chi connectivity index (χ3n) is 3.85. The molecule has 3 N–H and O–H groups in total. The Balaban J connectivity index is 2.27. The van der Waals surface area contributed by atoms with Crippen LogP contribution in [0.25, 0.3) is 0 Å². The molecular formula is C14H28N2O2. The highest BCUT2D eigenvalue weighted by atomic mass is 16.3. The van der Waals surface area contributed by atoms with Crippen molar-refractivity contribution in [3.8, 4) is 0 Å². The Bertz CT molecular complexity index is 242. The van der Waals surface area contributed by atoms with Crippen LogP contribution in [0.5, 0.6) is 0 Å². The molecule has 4 heteroatoms. The third kappa shape index (κ3) is 5.36. The molecule has 0 bridgehead atoms. The van der Waals surface area contributed by atoms with Crippen LogP contribution < -0.4 is 10.6 Å². The van der Waals surface area contributed by atoms with Crippen molar-refractivity contribution in [3.63, 3.8) is 0 Å². The summed E-state index contributed by atoms with van der Waals surface area (Å²) in [6.45, 7) is 4.48. The van der Waals surface area contributed by atoms with E-state index in [0.717, 1.165) is 38.5 Å². The number of carbonyl (C=O) groups is 1. The fourth-order valence-electron chi connectivity index (χ4n) is 2.52. The van der Waals surface area contributed by atoms with E-state index >= 15 is 0 Å². The zero-order chi connectivity index (χ0) is 13.4. The monoisotopic (exact) mass is 256 g/mol. The quantitative estimate of drug-likeness (QED) is 0.632. The Labute approximate surface area is 111 Å². The minimum atomic E-state index is -0.298. The van der Waals surface area contributed by atoms with Gasteiger partial charge in [0.25, 0.3) is 0 Å². The first-order chi connectivity index (χ1) is 8.67. The molecule has 106 valence electrons. The van der Waals surface area contributed by atoms with Gasteiger partial charge in [-0.05, 0) is 25.7 Å². The molecule has 1 aliphatic rings. The Morgan fingerprint density at radius 1 is 1.22 bits per heavy atom. The summed E-state index contributed by atoms with van der Waals surface area (Å²) >= 11 is 0. The predicted molar refractivity (Wildman–Crippen MR) is 73.4 cm³/mol. The summed E-state index contributed by atoms with van der Waals surface area (Å²) in [5.41, 5.74) is 0. The summed E-state index contributed by atoms with van der Waals surface area (Å²) < 4.78 is 0. The SMILES string of the molecule is CCC(CC)NC(=O)CNC1CCCCCC1O. The lowest BCUT2D eigenvalue weighted by molar-refractivity contribution is -0.121. The van der Waals surface area contributed by atoms with Crippen molar-refractivity contribution < 1.29 is 9.90 Å². The van der Waals surface area contributed by atoms with Gasteiger partial charge in [0.1, 0.15) is 0 Å². The van der Waals surface area contributed by atoms with Gasteiger partial charge in [-0.2, -0.15) is 0 Å². The Morgan fingerprint density at radius 3 is 2.56 bits per heavy atom.